The molecule has 1 fully saturated rings. The lowest BCUT2D eigenvalue weighted by molar-refractivity contribution is 0.121. The van der Waals surface area contributed by atoms with Gasteiger partial charge >= 0.3 is 0 Å². The van der Waals surface area contributed by atoms with Gasteiger partial charge in [-0.05, 0) is 25.3 Å². The smallest absolute Gasteiger partial charge is 0.147 e. The highest BCUT2D eigenvalue weighted by molar-refractivity contribution is 5.74. The molecule has 0 aliphatic heterocycles. The fraction of sp³-hybridized carbons (Fsp3) is 0.267. The summed E-state index contributed by atoms with van der Waals surface area (Å²) in [4.78, 5) is 0. The van der Waals surface area contributed by atoms with Gasteiger partial charge in [-0.15, -0.1) is 0 Å². The zero-order chi connectivity index (χ0) is 14.2. The molecule has 6 heteroatoms. The summed E-state index contributed by atoms with van der Waals surface area (Å²) >= 11 is 0. The first-order chi connectivity index (χ1) is 10.3. The number of hydrogen-bond donors (Lipinski definition) is 1. The van der Waals surface area contributed by atoms with Gasteiger partial charge in [0, 0.05) is 23.5 Å². The van der Waals surface area contributed by atoms with E-state index in [1.807, 2.05) is 18.5 Å². The molecule has 21 heavy (non-hydrogen) atoms. The van der Waals surface area contributed by atoms with Crippen LogP contribution in [0.25, 0.3) is 16.6 Å². The van der Waals surface area contributed by atoms with Gasteiger partial charge in [0.25, 0.3) is 0 Å². The van der Waals surface area contributed by atoms with Gasteiger partial charge in [0.15, 0.2) is 0 Å². The maximum Gasteiger partial charge on any atom is 0.147 e. The second-order valence-electron chi connectivity index (χ2n) is 5.21. The van der Waals surface area contributed by atoms with Crippen LogP contribution in [-0.2, 0) is 0 Å². The molecule has 0 amide bonds. The molecule has 0 unspecified atom stereocenters. The Bertz CT molecular complexity index is 824. The zero-order valence-corrected chi connectivity index (χ0v) is 11.3. The van der Waals surface area contributed by atoms with Crippen LogP contribution in [0, 0.1) is 11.3 Å². The van der Waals surface area contributed by atoms with Gasteiger partial charge in [-0.1, -0.05) is 0 Å². The molecular formula is C15H13N5O. The molecule has 3 aromatic rings. The summed E-state index contributed by atoms with van der Waals surface area (Å²) in [5.41, 5.74) is 3.18. The van der Waals surface area contributed by atoms with E-state index in [4.69, 9.17) is 4.74 Å². The number of nitrogens with zero attached hydrogens (tertiary/aromatic N) is 4. The molecule has 0 atom stereocenters. The van der Waals surface area contributed by atoms with Crippen LogP contribution < -0.4 is 4.74 Å². The predicted octanol–water partition coefficient (Wildman–Crippen LogP) is 2.53. The predicted molar refractivity (Wildman–Crippen MR) is 75.8 cm³/mol. The number of aromatic nitrogens is 4. The van der Waals surface area contributed by atoms with Crippen molar-refractivity contribution in [2.24, 2.45) is 0 Å². The summed E-state index contributed by atoms with van der Waals surface area (Å²) < 4.78 is 7.76. The molecule has 3 heterocycles. The fourth-order valence-corrected chi connectivity index (χ4v) is 2.49. The van der Waals surface area contributed by atoms with Crippen molar-refractivity contribution in [1.82, 2.24) is 19.8 Å². The third-order valence-corrected chi connectivity index (χ3v) is 3.87. The van der Waals surface area contributed by atoms with Gasteiger partial charge in [0.2, 0.25) is 0 Å². The lowest BCUT2D eigenvalue weighted by atomic mass is 9.96. The van der Waals surface area contributed by atoms with Crippen molar-refractivity contribution in [3.05, 3.63) is 36.4 Å². The summed E-state index contributed by atoms with van der Waals surface area (Å²) in [5.74, 6) is 0.715. The monoisotopic (exact) mass is 279 g/mol. The molecule has 4 rings (SSSR count). The highest BCUT2D eigenvalue weighted by Crippen LogP contribution is 2.33. The van der Waals surface area contributed by atoms with Crippen LogP contribution in [0.1, 0.15) is 24.8 Å². The van der Waals surface area contributed by atoms with Crippen molar-refractivity contribution >= 4 is 5.52 Å². The van der Waals surface area contributed by atoms with E-state index in [0.717, 1.165) is 29.5 Å². The average molecular weight is 279 g/mol. The third kappa shape index (κ3) is 1.94. The highest BCUT2D eigenvalue weighted by Gasteiger charge is 2.22. The number of fused-ring (bicyclic) bond motifs is 1. The minimum atomic E-state index is 0.245. The summed E-state index contributed by atoms with van der Waals surface area (Å²) in [7, 11) is 0. The normalized spacial score (nSPS) is 14.8. The molecule has 1 N–H and O–H groups in total. The number of aromatic amines is 1. The van der Waals surface area contributed by atoms with Crippen molar-refractivity contribution in [3.8, 4) is 22.9 Å². The van der Waals surface area contributed by atoms with Crippen molar-refractivity contribution in [1.29, 1.82) is 5.26 Å². The van der Waals surface area contributed by atoms with Gasteiger partial charge in [-0.25, -0.2) is 4.52 Å². The van der Waals surface area contributed by atoms with Crippen molar-refractivity contribution in [2.75, 3.05) is 0 Å². The second-order valence-corrected chi connectivity index (χ2v) is 5.21. The largest absolute Gasteiger partial charge is 0.488 e. The highest BCUT2D eigenvalue weighted by atomic mass is 16.5. The molecule has 0 saturated heterocycles. The van der Waals surface area contributed by atoms with Gasteiger partial charge in [0.1, 0.15) is 22.9 Å². The summed E-state index contributed by atoms with van der Waals surface area (Å²) in [6.45, 7) is 0. The Labute approximate surface area is 121 Å². The van der Waals surface area contributed by atoms with Crippen LogP contribution in [0.3, 0.4) is 0 Å². The molecule has 0 radical (unpaired) electrons. The zero-order valence-electron chi connectivity index (χ0n) is 11.3. The van der Waals surface area contributed by atoms with Crippen molar-refractivity contribution < 1.29 is 4.74 Å². The van der Waals surface area contributed by atoms with E-state index >= 15 is 0 Å². The fourth-order valence-electron chi connectivity index (χ4n) is 2.49. The Kier molecular flexibility index (Phi) is 2.64. The van der Waals surface area contributed by atoms with Gasteiger partial charge in [0.05, 0.1) is 18.5 Å². The Morgan fingerprint density at radius 3 is 2.90 bits per heavy atom. The Hall–Kier alpha value is -2.81. The number of H-pyrrole nitrogens is 1. The molecule has 1 saturated carbocycles. The molecule has 0 aromatic carbocycles. The van der Waals surface area contributed by atoms with E-state index in [1.165, 1.54) is 6.42 Å². The number of hydrogen-bond acceptors (Lipinski definition) is 4. The molecular weight excluding hydrogens is 266 g/mol. The third-order valence-electron chi connectivity index (χ3n) is 3.87. The van der Waals surface area contributed by atoms with Crippen LogP contribution in [0.5, 0.6) is 5.75 Å². The lowest BCUT2D eigenvalue weighted by Crippen LogP contribution is -2.24. The minimum Gasteiger partial charge on any atom is -0.488 e. The van der Waals surface area contributed by atoms with E-state index in [-0.39, 0.29) is 6.10 Å². The van der Waals surface area contributed by atoms with Crippen molar-refractivity contribution in [3.63, 3.8) is 0 Å². The van der Waals surface area contributed by atoms with Crippen LogP contribution in [0.2, 0.25) is 0 Å². The number of pyridine rings is 1. The van der Waals surface area contributed by atoms with E-state index in [9.17, 15) is 5.26 Å². The quantitative estimate of drug-likeness (QED) is 0.799. The van der Waals surface area contributed by atoms with Crippen LogP contribution in [-0.4, -0.2) is 25.9 Å². The van der Waals surface area contributed by atoms with E-state index < -0.39 is 0 Å². The number of nitrogens with one attached hydrogen (secondary N) is 1. The average Bonchev–Trinajstić information content (AvgIpc) is 3.11. The second kappa shape index (κ2) is 4.63. The first-order valence-electron chi connectivity index (χ1n) is 6.92. The number of nitriles is 1. The van der Waals surface area contributed by atoms with Crippen LogP contribution in [0.4, 0.5) is 0 Å². The Morgan fingerprint density at radius 1 is 1.33 bits per heavy atom. The Morgan fingerprint density at radius 2 is 2.24 bits per heavy atom. The maximum absolute atomic E-state index is 9.23. The van der Waals surface area contributed by atoms with E-state index in [2.05, 4.69) is 21.4 Å². The van der Waals surface area contributed by atoms with E-state index in [0.29, 0.717) is 11.3 Å². The van der Waals surface area contributed by atoms with Gasteiger partial charge < -0.3 is 4.74 Å². The lowest BCUT2D eigenvalue weighted by Gasteiger charge is -2.27. The van der Waals surface area contributed by atoms with Crippen LogP contribution in [0.15, 0.2) is 30.9 Å². The molecule has 6 nitrogen and oxygen atoms in total. The number of rotatable bonds is 3. The van der Waals surface area contributed by atoms with Gasteiger partial charge in [-0.2, -0.15) is 15.5 Å². The van der Waals surface area contributed by atoms with E-state index in [1.54, 1.807) is 16.9 Å². The summed E-state index contributed by atoms with van der Waals surface area (Å²) in [6, 6.07) is 4.13. The molecule has 104 valence electrons. The molecule has 1 aliphatic rings. The SMILES string of the molecule is N#Cc1cnn2cc(-c3cn[nH]c3)cc(OC3CCC3)c12. The van der Waals surface area contributed by atoms with Crippen molar-refractivity contribution in [2.45, 2.75) is 25.4 Å². The van der Waals surface area contributed by atoms with Gasteiger partial charge in [-0.3, -0.25) is 5.10 Å². The molecule has 0 spiro atoms. The molecule has 3 aromatic heterocycles. The maximum atomic E-state index is 9.23. The molecule has 0 bridgehead atoms. The summed E-state index contributed by atoms with van der Waals surface area (Å²) in [5, 5.41) is 20.3. The first-order valence-corrected chi connectivity index (χ1v) is 6.92. The Balaban J connectivity index is 1.88. The van der Waals surface area contributed by atoms with Crippen LogP contribution >= 0.6 is 0 Å². The topological polar surface area (TPSA) is 79.0 Å². The number of ether oxygens (including phenoxy) is 1. The summed E-state index contributed by atoms with van der Waals surface area (Å²) in [6.07, 6.45) is 10.6. The minimum absolute atomic E-state index is 0.245. The standard InChI is InChI=1S/C15H13N5O/c16-5-11-8-19-20-9-10(12-6-17-18-7-12)4-14(15(11)20)21-13-2-1-3-13/h4,6-9,13H,1-3H2,(H,17,18). The molecule has 1 aliphatic carbocycles. The first kappa shape index (κ1) is 12.0.